The Bertz CT molecular complexity index is 600. The Morgan fingerprint density at radius 1 is 1.37 bits per heavy atom. The second kappa shape index (κ2) is 5.06. The second-order valence-electron chi connectivity index (χ2n) is 3.80. The molecule has 1 aromatic carbocycles. The van der Waals surface area contributed by atoms with Crippen LogP contribution in [0.3, 0.4) is 0 Å². The molecule has 19 heavy (non-hydrogen) atoms. The molecular weight excluding hydrogens is 300 g/mol. The van der Waals surface area contributed by atoms with Gasteiger partial charge in [0, 0.05) is 5.75 Å². The summed E-state index contributed by atoms with van der Waals surface area (Å²) in [4.78, 5) is 9.85. The lowest BCUT2D eigenvalue weighted by Crippen LogP contribution is -2.42. The van der Waals surface area contributed by atoms with Crippen LogP contribution in [-0.4, -0.2) is 41.5 Å². The molecular formula is C10H9F2NO4S2. The fraction of sp³-hybridized carbons (Fsp3) is 0.300. The molecule has 2 rings (SSSR count). The number of rotatable bonds is 3. The third-order valence-corrected chi connectivity index (χ3v) is 5.70. The molecule has 1 aromatic rings. The maximum atomic E-state index is 13.5. The van der Waals surface area contributed by atoms with E-state index in [0.29, 0.717) is 4.31 Å². The summed E-state index contributed by atoms with van der Waals surface area (Å²) in [6.45, 7) is 0. The lowest BCUT2D eigenvalue weighted by molar-refractivity contribution is -0.140. The van der Waals surface area contributed by atoms with E-state index in [9.17, 15) is 22.0 Å². The summed E-state index contributed by atoms with van der Waals surface area (Å²) in [7, 11) is -4.51. The molecule has 0 radical (unpaired) electrons. The molecule has 0 saturated carbocycles. The number of hydrogen-bond donors (Lipinski definition) is 1. The average Bonchev–Trinajstić information content (AvgIpc) is 2.77. The van der Waals surface area contributed by atoms with E-state index in [1.54, 1.807) is 0 Å². The van der Waals surface area contributed by atoms with Crippen LogP contribution >= 0.6 is 11.8 Å². The van der Waals surface area contributed by atoms with Crippen molar-refractivity contribution in [2.75, 3.05) is 11.6 Å². The van der Waals surface area contributed by atoms with Gasteiger partial charge in [0.2, 0.25) is 0 Å². The fourth-order valence-electron chi connectivity index (χ4n) is 1.70. The molecule has 5 nitrogen and oxygen atoms in total. The van der Waals surface area contributed by atoms with Crippen molar-refractivity contribution in [3.05, 3.63) is 29.8 Å². The first kappa shape index (κ1) is 14.2. The van der Waals surface area contributed by atoms with Crippen molar-refractivity contribution >= 4 is 27.8 Å². The van der Waals surface area contributed by atoms with Crippen LogP contribution in [0.4, 0.5) is 8.78 Å². The van der Waals surface area contributed by atoms with Gasteiger partial charge in [-0.05, 0) is 12.1 Å². The Balaban J connectivity index is 2.51. The number of carboxylic acids is 1. The number of benzene rings is 1. The molecule has 1 saturated heterocycles. The number of sulfonamides is 1. The molecule has 1 atom stereocenters. The first-order valence-corrected chi connectivity index (χ1v) is 7.71. The molecule has 0 amide bonds. The normalized spacial score (nSPS) is 20.6. The van der Waals surface area contributed by atoms with E-state index in [2.05, 4.69) is 0 Å². The first-order chi connectivity index (χ1) is 8.85. The van der Waals surface area contributed by atoms with Gasteiger partial charge in [0.15, 0.2) is 4.90 Å². The van der Waals surface area contributed by atoms with Crippen LogP contribution in [0.1, 0.15) is 0 Å². The highest BCUT2D eigenvalue weighted by Gasteiger charge is 2.42. The number of thioether (sulfide) groups is 1. The van der Waals surface area contributed by atoms with Gasteiger partial charge in [-0.25, -0.2) is 17.2 Å². The Kier molecular flexibility index (Phi) is 3.79. The molecule has 1 aliphatic rings. The van der Waals surface area contributed by atoms with Crippen LogP contribution in [0, 0.1) is 11.6 Å². The smallest absolute Gasteiger partial charge is 0.322 e. The molecule has 0 spiro atoms. The molecule has 0 bridgehead atoms. The maximum Gasteiger partial charge on any atom is 0.322 e. The van der Waals surface area contributed by atoms with E-state index in [1.165, 1.54) is 0 Å². The van der Waals surface area contributed by atoms with Crippen LogP contribution in [0.2, 0.25) is 0 Å². The summed E-state index contributed by atoms with van der Waals surface area (Å²) < 4.78 is 52.0. The second-order valence-corrected chi connectivity index (χ2v) is 6.62. The predicted molar refractivity (Wildman–Crippen MR) is 64.1 cm³/mol. The standard InChI is InChI=1S/C10H9F2NO4S2/c11-6-2-1-3-7(12)9(6)19(16,17)13-5-18-4-8(13)10(14)15/h1-3,8H,4-5H2,(H,14,15)/t8-/m0/s1. The molecule has 1 N–H and O–H groups in total. The minimum absolute atomic E-state index is 0.0463. The Hall–Kier alpha value is -1.19. The van der Waals surface area contributed by atoms with Crippen molar-refractivity contribution in [3.8, 4) is 0 Å². The van der Waals surface area contributed by atoms with E-state index in [4.69, 9.17) is 5.11 Å². The van der Waals surface area contributed by atoms with Gasteiger partial charge in [-0.2, -0.15) is 4.31 Å². The van der Waals surface area contributed by atoms with Crippen LogP contribution < -0.4 is 0 Å². The summed E-state index contributed by atoms with van der Waals surface area (Å²) in [6.07, 6.45) is 0. The number of halogens is 2. The largest absolute Gasteiger partial charge is 0.480 e. The molecule has 1 heterocycles. The molecule has 104 valence electrons. The molecule has 0 aliphatic carbocycles. The average molecular weight is 309 g/mol. The van der Waals surface area contributed by atoms with E-state index in [-0.39, 0.29) is 11.6 Å². The van der Waals surface area contributed by atoms with E-state index in [1.807, 2.05) is 0 Å². The number of carboxylic acid groups (broad SMARTS) is 1. The highest BCUT2D eigenvalue weighted by Crippen LogP contribution is 2.30. The Labute approximate surface area is 112 Å². The summed E-state index contributed by atoms with van der Waals surface area (Å²) in [6, 6.07) is 1.36. The highest BCUT2D eigenvalue weighted by molar-refractivity contribution is 8.00. The zero-order valence-corrected chi connectivity index (χ0v) is 11.0. The molecule has 1 aliphatic heterocycles. The number of aliphatic carboxylic acids is 1. The van der Waals surface area contributed by atoms with Gasteiger partial charge in [0.05, 0.1) is 5.88 Å². The third-order valence-electron chi connectivity index (χ3n) is 2.61. The van der Waals surface area contributed by atoms with E-state index >= 15 is 0 Å². The molecule has 9 heteroatoms. The lowest BCUT2D eigenvalue weighted by atomic mass is 10.3. The zero-order valence-electron chi connectivity index (χ0n) is 9.42. The fourth-order valence-corrected chi connectivity index (χ4v) is 4.95. The van der Waals surface area contributed by atoms with Crippen LogP contribution in [0.5, 0.6) is 0 Å². The van der Waals surface area contributed by atoms with Crippen molar-refractivity contribution < 1.29 is 27.1 Å². The Morgan fingerprint density at radius 2 is 1.95 bits per heavy atom. The Morgan fingerprint density at radius 3 is 2.47 bits per heavy atom. The zero-order chi connectivity index (χ0) is 14.2. The number of hydrogen-bond acceptors (Lipinski definition) is 4. The topological polar surface area (TPSA) is 74.7 Å². The lowest BCUT2D eigenvalue weighted by Gasteiger charge is -2.20. The van der Waals surface area contributed by atoms with Gasteiger partial charge in [-0.3, -0.25) is 4.79 Å². The van der Waals surface area contributed by atoms with Crippen LogP contribution in [0.15, 0.2) is 23.1 Å². The molecule has 0 unspecified atom stereocenters. The molecule has 1 fully saturated rings. The van der Waals surface area contributed by atoms with Gasteiger partial charge in [0.25, 0.3) is 10.0 Å². The van der Waals surface area contributed by atoms with E-state index < -0.39 is 38.6 Å². The van der Waals surface area contributed by atoms with Crippen molar-refractivity contribution in [2.45, 2.75) is 10.9 Å². The van der Waals surface area contributed by atoms with Crippen molar-refractivity contribution in [3.63, 3.8) is 0 Å². The van der Waals surface area contributed by atoms with Crippen LogP contribution in [0.25, 0.3) is 0 Å². The highest BCUT2D eigenvalue weighted by atomic mass is 32.2. The number of nitrogens with zero attached hydrogens (tertiary/aromatic N) is 1. The monoisotopic (exact) mass is 309 g/mol. The minimum Gasteiger partial charge on any atom is -0.480 e. The van der Waals surface area contributed by atoms with Crippen molar-refractivity contribution in [1.82, 2.24) is 4.31 Å². The summed E-state index contributed by atoms with van der Waals surface area (Å²) in [5.74, 6) is -3.91. The number of carbonyl (C=O) groups is 1. The van der Waals surface area contributed by atoms with Gasteiger partial charge in [0.1, 0.15) is 17.7 Å². The van der Waals surface area contributed by atoms with Gasteiger partial charge < -0.3 is 5.11 Å². The van der Waals surface area contributed by atoms with Gasteiger partial charge in [-0.1, -0.05) is 6.07 Å². The van der Waals surface area contributed by atoms with Crippen molar-refractivity contribution in [1.29, 1.82) is 0 Å². The first-order valence-electron chi connectivity index (χ1n) is 5.12. The third kappa shape index (κ3) is 2.45. The summed E-state index contributed by atoms with van der Waals surface area (Å²) in [5, 5.41) is 8.93. The van der Waals surface area contributed by atoms with Crippen LogP contribution in [-0.2, 0) is 14.8 Å². The SMILES string of the molecule is O=C(O)[C@@H]1CSCN1S(=O)(=O)c1c(F)cccc1F. The predicted octanol–water partition coefficient (Wildman–Crippen LogP) is 1.11. The molecule has 0 aromatic heterocycles. The summed E-state index contributed by atoms with van der Waals surface area (Å²) in [5.41, 5.74) is 0. The summed E-state index contributed by atoms with van der Waals surface area (Å²) >= 11 is 1.07. The minimum atomic E-state index is -4.51. The van der Waals surface area contributed by atoms with Gasteiger partial charge >= 0.3 is 5.97 Å². The van der Waals surface area contributed by atoms with Crippen molar-refractivity contribution in [2.24, 2.45) is 0 Å². The van der Waals surface area contributed by atoms with E-state index in [0.717, 1.165) is 30.0 Å². The quantitative estimate of drug-likeness (QED) is 0.905. The maximum absolute atomic E-state index is 13.5. The van der Waals surface area contributed by atoms with Gasteiger partial charge in [-0.15, -0.1) is 11.8 Å².